The van der Waals surface area contributed by atoms with Crippen LogP contribution in [0.3, 0.4) is 0 Å². The van der Waals surface area contributed by atoms with Crippen molar-refractivity contribution < 1.29 is 39.8 Å². The van der Waals surface area contributed by atoms with Gasteiger partial charge in [-0.1, -0.05) is 274 Å². The number of hydrogen-bond acceptors (Lipinski definition) is 8. The number of rotatable bonds is 55. The summed E-state index contributed by atoms with van der Waals surface area (Å²) in [5.41, 5.74) is 0. The minimum absolute atomic E-state index is 0.209. The molecule has 7 atom stereocenters. The van der Waals surface area contributed by atoms with Crippen molar-refractivity contribution in [2.45, 2.75) is 281 Å². The van der Waals surface area contributed by atoms with Gasteiger partial charge in [-0.05, 0) is 128 Å². The zero-order valence-electron chi connectivity index (χ0n) is 52.8. The first-order valence-corrected chi connectivity index (χ1v) is 33.4. The highest BCUT2D eigenvalue weighted by molar-refractivity contribution is 5.76. The molecule has 9 heteroatoms. The molecular weight excluding hydrogens is 1040 g/mol. The molecule has 1 aliphatic heterocycles. The minimum atomic E-state index is -1.59. The molecule has 0 bridgehead atoms. The molecule has 0 spiro atoms. The maximum absolute atomic E-state index is 13.1. The lowest BCUT2D eigenvalue weighted by Gasteiger charge is -2.40. The van der Waals surface area contributed by atoms with Gasteiger partial charge in [-0.3, -0.25) is 4.79 Å². The predicted octanol–water partition coefficient (Wildman–Crippen LogP) is 18.1. The van der Waals surface area contributed by atoms with E-state index in [4.69, 9.17) is 9.47 Å². The van der Waals surface area contributed by atoms with Crippen molar-refractivity contribution in [3.8, 4) is 0 Å². The van der Waals surface area contributed by atoms with E-state index in [9.17, 15) is 30.3 Å². The normalized spacial score (nSPS) is 19.3. The summed E-state index contributed by atoms with van der Waals surface area (Å²) in [6, 6.07) is -0.848. The smallest absolute Gasteiger partial charge is 0.220 e. The van der Waals surface area contributed by atoms with Crippen LogP contribution in [0.1, 0.15) is 239 Å². The van der Waals surface area contributed by atoms with E-state index in [0.29, 0.717) is 6.42 Å². The van der Waals surface area contributed by atoms with Gasteiger partial charge in [0, 0.05) is 6.42 Å². The first-order valence-electron chi connectivity index (χ1n) is 33.4. The molecule has 7 unspecified atom stereocenters. The molecule has 0 aliphatic carbocycles. The van der Waals surface area contributed by atoms with E-state index in [-0.39, 0.29) is 12.5 Å². The van der Waals surface area contributed by atoms with Crippen LogP contribution in [-0.2, 0) is 14.3 Å². The molecule has 84 heavy (non-hydrogen) atoms. The summed E-state index contributed by atoms with van der Waals surface area (Å²) in [4.78, 5) is 13.1. The fourth-order valence-electron chi connectivity index (χ4n) is 9.31. The van der Waals surface area contributed by atoms with Gasteiger partial charge in [0.1, 0.15) is 24.4 Å². The van der Waals surface area contributed by atoms with Gasteiger partial charge in [-0.25, -0.2) is 0 Å². The molecular formula is C75H121NO8. The first kappa shape index (κ1) is 77.6. The quantitative estimate of drug-likeness (QED) is 0.0261. The third kappa shape index (κ3) is 49.8. The number of ether oxygens (including phenoxy) is 2. The Labute approximate surface area is 513 Å². The fourth-order valence-corrected chi connectivity index (χ4v) is 9.31. The Bertz CT molecular complexity index is 1930. The number of unbranched alkanes of at least 4 members (excludes halogenated alkanes) is 19. The van der Waals surface area contributed by atoms with Crippen LogP contribution in [-0.4, -0.2) is 87.5 Å². The minimum Gasteiger partial charge on any atom is -0.394 e. The molecule has 6 N–H and O–H groups in total. The van der Waals surface area contributed by atoms with E-state index in [2.05, 4.69) is 177 Å². The maximum atomic E-state index is 13.1. The number of amides is 1. The van der Waals surface area contributed by atoms with Crippen LogP contribution in [0.5, 0.6) is 0 Å². The van der Waals surface area contributed by atoms with Crippen LogP contribution in [0, 0.1) is 0 Å². The van der Waals surface area contributed by atoms with Gasteiger partial charge in [-0.15, -0.1) is 0 Å². The van der Waals surface area contributed by atoms with E-state index in [1.165, 1.54) is 83.5 Å². The van der Waals surface area contributed by atoms with Gasteiger partial charge < -0.3 is 40.3 Å². The van der Waals surface area contributed by atoms with E-state index in [0.717, 1.165) is 135 Å². The molecule has 1 rings (SSSR count). The third-order valence-corrected chi connectivity index (χ3v) is 14.5. The van der Waals surface area contributed by atoms with Crippen LogP contribution in [0.25, 0.3) is 0 Å². The van der Waals surface area contributed by atoms with E-state index < -0.39 is 49.5 Å². The molecule has 0 saturated carbocycles. The predicted molar refractivity (Wildman–Crippen MR) is 359 cm³/mol. The molecule has 1 amide bonds. The van der Waals surface area contributed by atoms with Gasteiger partial charge >= 0.3 is 0 Å². The Hall–Kier alpha value is -4.45. The Morgan fingerprint density at radius 1 is 0.417 bits per heavy atom. The van der Waals surface area contributed by atoms with Gasteiger partial charge in [0.05, 0.1) is 25.4 Å². The summed E-state index contributed by atoms with van der Waals surface area (Å²) in [7, 11) is 0. The number of allylic oxidation sites excluding steroid dienone is 27. The van der Waals surface area contributed by atoms with Crippen molar-refractivity contribution in [3.63, 3.8) is 0 Å². The van der Waals surface area contributed by atoms with Gasteiger partial charge in [-0.2, -0.15) is 0 Å². The second-order valence-corrected chi connectivity index (χ2v) is 22.2. The summed E-state index contributed by atoms with van der Waals surface area (Å²) in [5, 5.41) is 54.6. The molecule has 0 radical (unpaired) electrons. The molecule has 1 heterocycles. The molecule has 1 fully saturated rings. The van der Waals surface area contributed by atoms with Crippen LogP contribution in [0.15, 0.2) is 170 Å². The van der Waals surface area contributed by atoms with Crippen molar-refractivity contribution in [2.75, 3.05) is 13.2 Å². The molecule has 1 aliphatic rings. The molecule has 0 aromatic heterocycles. The summed E-state index contributed by atoms with van der Waals surface area (Å²) in [6.07, 6.45) is 91.5. The molecule has 1 saturated heterocycles. The van der Waals surface area contributed by atoms with Gasteiger partial charge in [0.25, 0.3) is 0 Å². The average Bonchev–Trinajstić information content (AvgIpc) is 3.70. The first-order chi connectivity index (χ1) is 41.3. The van der Waals surface area contributed by atoms with Gasteiger partial charge in [0.2, 0.25) is 5.91 Å². The number of aliphatic hydroxyl groups excluding tert-OH is 5. The van der Waals surface area contributed by atoms with Crippen LogP contribution >= 0.6 is 0 Å². The zero-order chi connectivity index (χ0) is 60.7. The van der Waals surface area contributed by atoms with Crippen LogP contribution in [0.4, 0.5) is 0 Å². The number of hydrogen-bond donors (Lipinski definition) is 6. The lowest BCUT2D eigenvalue weighted by atomic mass is 9.99. The standard InChI is InChI=1S/C75H121NO8/c1-3-5-7-9-11-13-15-17-19-21-23-25-26-27-28-29-30-31-32-33-34-35-36-37-38-39-40-41-42-43-44-45-47-49-51-53-55-57-59-61-63-65-71(79)76-68(67-83-75-74(82)73(81)72(80)70(66-77)84-75)69(78)64-62-60-58-56-54-52-50-48-46-24-22-20-18-16-14-12-10-8-6-4-2/h5,7,11,13,17,19,23,25,27-28,30-31,33-34,36-37,39-40,42-43,45-48,54,56,62,64,68-70,72-75,77-78,80-82H,3-4,6,8-10,12,14-16,18,20-22,24,26,29,32,35,38,41,44,49-53,55,57-61,63,65-67H2,1-2H3,(H,76,79)/b7-5-,13-11-,19-17-,25-23-,28-27-,31-30-,34-33-,37-36-,40-39-,43-42-,47-45-,48-46+,56-54+,64-62+. The highest BCUT2D eigenvalue weighted by Crippen LogP contribution is 2.23. The number of carbonyl (C=O) groups is 1. The van der Waals surface area contributed by atoms with Crippen molar-refractivity contribution in [2.24, 2.45) is 0 Å². The maximum Gasteiger partial charge on any atom is 0.220 e. The number of aliphatic hydroxyl groups is 5. The largest absolute Gasteiger partial charge is 0.394 e. The van der Waals surface area contributed by atoms with E-state index in [1.807, 2.05) is 6.08 Å². The molecule has 9 nitrogen and oxygen atoms in total. The van der Waals surface area contributed by atoms with Crippen LogP contribution < -0.4 is 5.32 Å². The molecule has 474 valence electrons. The fraction of sp³-hybridized carbons (Fsp3) is 0.613. The summed E-state index contributed by atoms with van der Waals surface area (Å²) in [5.74, 6) is -0.209. The van der Waals surface area contributed by atoms with Crippen molar-refractivity contribution in [1.29, 1.82) is 0 Å². The topological polar surface area (TPSA) is 149 Å². The van der Waals surface area contributed by atoms with Crippen molar-refractivity contribution in [1.82, 2.24) is 5.32 Å². The SMILES string of the molecule is CC/C=C\C/C=C\C/C=C\C/C=C\C/C=C\C/C=C\C/C=C\C/C=C\C/C=C\C/C=C\C/C=C\CCCCCCCCCC(=O)NC(COC1OC(CO)C(O)C(O)C1O)C(O)/C=C/CC/C=C/CC/C=C/CCCCCCCCCCCC. The lowest BCUT2D eigenvalue weighted by molar-refractivity contribution is -0.302. The second-order valence-electron chi connectivity index (χ2n) is 22.2. The van der Waals surface area contributed by atoms with E-state index >= 15 is 0 Å². The van der Waals surface area contributed by atoms with Crippen LogP contribution in [0.2, 0.25) is 0 Å². The number of nitrogens with one attached hydrogen (secondary N) is 1. The van der Waals surface area contributed by atoms with Crippen molar-refractivity contribution in [3.05, 3.63) is 170 Å². The average molecular weight is 1160 g/mol. The third-order valence-electron chi connectivity index (χ3n) is 14.5. The van der Waals surface area contributed by atoms with Crippen molar-refractivity contribution >= 4 is 5.91 Å². The number of carbonyl (C=O) groups excluding carboxylic acids is 1. The Kier molecular flexibility index (Phi) is 56.9. The summed E-state index contributed by atoms with van der Waals surface area (Å²) in [6.45, 7) is 3.63. The monoisotopic (exact) mass is 1160 g/mol. The highest BCUT2D eigenvalue weighted by atomic mass is 16.7. The highest BCUT2D eigenvalue weighted by Gasteiger charge is 2.44. The second kappa shape index (κ2) is 61.6. The summed E-state index contributed by atoms with van der Waals surface area (Å²) < 4.78 is 11.3. The molecule has 0 aromatic rings. The van der Waals surface area contributed by atoms with Gasteiger partial charge in [0.15, 0.2) is 6.29 Å². The zero-order valence-corrected chi connectivity index (χ0v) is 52.8. The molecule has 0 aromatic carbocycles. The Morgan fingerprint density at radius 2 is 0.750 bits per heavy atom. The lowest BCUT2D eigenvalue weighted by Crippen LogP contribution is -2.60. The summed E-state index contributed by atoms with van der Waals surface area (Å²) >= 11 is 0. The van der Waals surface area contributed by atoms with E-state index in [1.54, 1.807) is 6.08 Å². The Morgan fingerprint density at radius 3 is 1.14 bits per heavy atom. The Balaban J connectivity index is 2.20.